The van der Waals surface area contributed by atoms with Crippen molar-refractivity contribution < 1.29 is 14.5 Å². The number of nitrogens with one attached hydrogen (secondary N) is 1. The number of carbonyl (C=O) groups is 1. The van der Waals surface area contributed by atoms with Gasteiger partial charge in [0.2, 0.25) is 5.91 Å². The molecule has 3 rings (SSSR count). The summed E-state index contributed by atoms with van der Waals surface area (Å²) in [5.74, 6) is 0.365. The number of ether oxygens (including phenoxy) is 1. The molecule has 146 valence electrons. The summed E-state index contributed by atoms with van der Waals surface area (Å²) >= 11 is 0. The Morgan fingerprint density at radius 2 is 2.04 bits per heavy atom. The van der Waals surface area contributed by atoms with Gasteiger partial charge in [-0.05, 0) is 39.0 Å². The molecule has 0 saturated heterocycles. The zero-order valence-electron chi connectivity index (χ0n) is 15.8. The number of hydrogen-bond donors (Lipinski definition) is 1. The molecule has 1 atom stereocenters. The average Bonchev–Trinajstić information content (AvgIpc) is 3.04. The van der Waals surface area contributed by atoms with Crippen molar-refractivity contribution in [2.45, 2.75) is 39.5 Å². The Bertz CT molecular complexity index is 997. The summed E-state index contributed by atoms with van der Waals surface area (Å²) < 4.78 is 7.03. The van der Waals surface area contributed by atoms with Crippen molar-refractivity contribution in [1.82, 2.24) is 19.9 Å². The Labute approximate surface area is 161 Å². The van der Waals surface area contributed by atoms with Crippen LogP contribution >= 0.6 is 0 Å². The number of pyridine rings is 1. The highest BCUT2D eigenvalue weighted by atomic mass is 16.6. The van der Waals surface area contributed by atoms with E-state index in [-0.39, 0.29) is 30.3 Å². The number of carbonyl (C=O) groups excluding carboxylic acids is 1. The Kier molecular flexibility index (Phi) is 5.53. The fourth-order valence-corrected chi connectivity index (χ4v) is 2.88. The molecule has 0 spiro atoms. The predicted octanol–water partition coefficient (Wildman–Crippen LogP) is 3.00. The number of non-ortho nitro benzene ring substituents is 1. The highest BCUT2D eigenvalue weighted by Crippen LogP contribution is 2.24. The van der Waals surface area contributed by atoms with Gasteiger partial charge in [0.1, 0.15) is 17.8 Å². The van der Waals surface area contributed by atoms with Crippen LogP contribution in [0.25, 0.3) is 11.0 Å². The lowest BCUT2D eigenvalue weighted by Crippen LogP contribution is -2.30. The van der Waals surface area contributed by atoms with Crippen LogP contribution in [0.2, 0.25) is 0 Å². The monoisotopic (exact) mass is 383 g/mol. The third-order valence-corrected chi connectivity index (χ3v) is 4.08. The van der Waals surface area contributed by atoms with Crippen molar-refractivity contribution in [3.8, 4) is 5.75 Å². The lowest BCUT2D eigenvalue weighted by atomic mass is 10.2. The van der Waals surface area contributed by atoms with Gasteiger partial charge in [-0.1, -0.05) is 6.07 Å². The topological polar surface area (TPSA) is 112 Å². The van der Waals surface area contributed by atoms with Crippen molar-refractivity contribution in [2.75, 3.05) is 0 Å². The maximum absolute atomic E-state index is 12.4. The lowest BCUT2D eigenvalue weighted by Gasteiger charge is -2.15. The van der Waals surface area contributed by atoms with Gasteiger partial charge in [-0.15, -0.1) is 0 Å². The van der Waals surface area contributed by atoms with Gasteiger partial charge in [-0.3, -0.25) is 19.9 Å². The number of fused-ring (bicyclic) bond motifs is 1. The summed E-state index contributed by atoms with van der Waals surface area (Å²) in [6.07, 6.45) is 3.10. The second-order valence-corrected chi connectivity index (χ2v) is 6.65. The standard InChI is InChI=1S/C19H21N5O4/c1-12(2)28-14-7-8-15(20-9-14)13(3)22-18(25)10-23-11-21-16-5-4-6-17(19(16)23)24(26)27/h4-9,11-13H,10H2,1-3H3,(H,22,25). The number of benzene rings is 1. The number of nitrogens with zero attached hydrogens (tertiary/aromatic N) is 4. The molecule has 0 radical (unpaired) electrons. The number of para-hydroxylation sites is 1. The van der Waals surface area contributed by atoms with E-state index in [1.54, 1.807) is 30.5 Å². The predicted molar refractivity (Wildman–Crippen MR) is 103 cm³/mol. The first-order valence-corrected chi connectivity index (χ1v) is 8.85. The first-order chi connectivity index (χ1) is 13.3. The van der Waals surface area contributed by atoms with Crippen molar-refractivity contribution in [1.29, 1.82) is 0 Å². The minimum Gasteiger partial charge on any atom is -0.489 e. The van der Waals surface area contributed by atoms with Crippen LogP contribution in [0.1, 0.15) is 32.5 Å². The van der Waals surface area contributed by atoms with Crippen LogP contribution in [-0.2, 0) is 11.3 Å². The first-order valence-electron chi connectivity index (χ1n) is 8.85. The smallest absolute Gasteiger partial charge is 0.295 e. The molecule has 9 heteroatoms. The lowest BCUT2D eigenvalue weighted by molar-refractivity contribution is -0.383. The van der Waals surface area contributed by atoms with Crippen LogP contribution in [0, 0.1) is 10.1 Å². The van der Waals surface area contributed by atoms with Crippen LogP contribution < -0.4 is 10.1 Å². The molecule has 2 aromatic heterocycles. The zero-order chi connectivity index (χ0) is 20.3. The average molecular weight is 383 g/mol. The van der Waals surface area contributed by atoms with Crippen molar-refractivity contribution in [3.05, 3.63) is 58.7 Å². The van der Waals surface area contributed by atoms with Crippen LogP contribution in [0.3, 0.4) is 0 Å². The summed E-state index contributed by atoms with van der Waals surface area (Å²) in [6, 6.07) is 7.90. The zero-order valence-corrected chi connectivity index (χ0v) is 15.8. The van der Waals surface area contributed by atoms with Gasteiger partial charge in [0.15, 0.2) is 0 Å². The number of amides is 1. The number of hydrogen-bond acceptors (Lipinski definition) is 6. The second-order valence-electron chi connectivity index (χ2n) is 6.65. The Hall–Kier alpha value is -3.49. The van der Waals surface area contributed by atoms with Crippen molar-refractivity contribution in [2.24, 2.45) is 0 Å². The van der Waals surface area contributed by atoms with Crippen LogP contribution in [-0.4, -0.2) is 31.5 Å². The Morgan fingerprint density at radius 3 is 2.68 bits per heavy atom. The molecule has 1 N–H and O–H groups in total. The molecule has 0 fully saturated rings. The molecule has 2 heterocycles. The van der Waals surface area contributed by atoms with Crippen LogP contribution in [0.15, 0.2) is 42.9 Å². The number of rotatable bonds is 7. The van der Waals surface area contributed by atoms with Gasteiger partial charge < -0.3 is 14.6 Å². The molecule has 0 aliphatic rings. The summed E-state index contributed by atoms with van der Waals surface area (Å²) in [5, 5.41) is 14.1. The van der Waals surface area contributed by atoms with E-state index in [1.165, 1.54) is 17.0 Å². The third-order valence-electron chi connectivity index (χ3n) is 4.08. The van der Waals surface area contributed by atoms with E-state index in [0.29, 0.717) is 22.5 Å². The van der Waals surface area contributed by atoms with E-state index < -0.39 is 4.92 Å². The molecule has 0 aliphatic heterocycles. The highest BCUT2D eigenvalue weighted by Gasteiger charge is 2.19. The summed E-state index contributed by atoms with van der Waals surface area (Å²) in [7, 11) is 0. The molecule has 0 bridgehead atoms. The van der Waals surface area contributed by atoms with Crippen molar-refractivity contribution >= 4 is 22.6 Å². The van der Waals surface area contributed by atoms with Gasteiger partial charge in [-0.2, -0.15) is 0 Å². The molecule has 1 aromatic carbocycles. The molecular formula is C19H21N5O4. The minimum absolute atomic E-state index is 0.0545. The van der Waals surface area contributed by atoms with Gasteiger partial charge >= 0.3 is 0 Å². The van der Waals surface area contributed by atoms with Crippen molar-refractivity contribution in [3.63, 3.8) is 0 Å². The molecule has 3 aromatic rings. The molecule has 9 nitrogen and oxygen atoms in total. The fourth-order valence-electron chi connectivity index (χ4n) is 2.88. The largest absolute Gasteiger partial charge is 0.489 e. The second kappa shape index (κ2) is 8.03. The van der Waals surface area contributed by atoms with Crippen LogP contribution in [0.4, 0.5) is 5.69 Å². The highest BCUT2D eigenvalue weighted by molar-refractivity contribution is 5.87. The maximum Gasteiger partial charge on any atom is 0.295 e. The van der Waals surface area contributed by atoms with E-state index in [0.717, 1.165) is 0 Å². The van der Waals surface area contributed by atoms with E-state index in [9.17, 15) is 14.9 Å². The molecule has 1 unspecified atom stereocenters. The summed E-state index contributed by atoms with van der Waals surface area (Å²) in [5.41, 5.74) is 1.39. The van der Waals surface area contributed by atoms with Gasteiger partial charge in [0, 0.05) is 6.07 Å². The normalized spacial score (nSPS) is 12.1. The van der Waals surface area contributed by atoms with Gasteiger partial charge in [0.05, 0.1) is 40.8 Å². The Morgan fingerprint density at radius 1 is 1.25 bits per heavy atom. The third kappa shape index (κ3) is 4.25. The quantitative estimate of drug-likeness (QED) is 0.496. The molecule has 0 aliphatic carbocycles. The number of imidazole rings is 1. The van der Waals surface area contributed by atoms with E-state index in [4.69, 9.17) is 4.74 Å². The van der Waals surface area contributed by atoms with E-state index in [2.05, 4.69) is 15.3 Å². The first kappa shape index (κ1) is 19.3. The molecule has 0 saturated carbocycles. The summed E-state index contributed by atoms with van der Waals surface area (Å²) in [4.78, 5) is 31.7. The number of aromatic nitrogens is 3. The van der Waals surface area contributed by atoms with E-state index in [1.807, 2.05) is 20.8 Å². The summed E-state index contributed by atoms with van der Waals surface area (Å²) in [6.45, 7) is 5.60. The fraction of sp³-hybridized carbons (Fsp3) is 0.316. The van der Waals surface area contributed by atoms with Gasteiger partial charge in [0.25, 0.3) is 5.69 Å². The van der Waals surface area contributed by atoms with E-state index >= 15 is 0 Å². The number of nitro groups is 1. The molecular weight excluding hydrogens is 362 g/mol. The SMILES string of the molecule is CC(C)Oc1ccc(C(C)NC(=O)Cn2cnc3cccc([N+](=O)[O-])c32)nc1. The Balaban J connectivity index is 1.70. The number of nitro benzene ring substituents is 1. The molecule has 1 amide bonds. The molecule has 28 heavy (non-hydrogen) atoms. The van der Waals surface area contributed by atoms with Gasteiger partial charge in [-0.25, -0.2) is 4.98 Å². The minimum atomic E-state index is -0.480. The van der Waals surface area contributed by atoms with Crippen LogP contribution in [0.5, 0.6) is 5.75 Å². The maximum atomic E-state index is 12.4.